The molecule has 0 saturated carbocycles. The SMILES string of the molecule is CCN(CC)c1cc(OC)c(OC)cc1S(N)(=O)=O. The van der Waals surface area contributed by atoms with Crippen molar-refractivity contribution in [3.63, 3.8) is 0 Å². The maximum absolute atomic E-state index is 11.7. The zero-order valence-electron chi connectivity index (χ0n) is 11.6. The molecule has 0 spiro atoms. The van der Waals surface area contributed by atoms with Crippen molar-refractivity contribution in [2.75, 3.05) is 32.2 Å². The van der Waals surface area contributed by atoms with E-state index in [2.05, 4.69) is 0 Å². The van der Waals surface area contributed by atoms with Crippen LogP contribution in [0.2, 0.25) is 0 Å². The van der Waals surface area contributed by atoms with Crippen molar-refractivity contribution in [2.24, 2.45) is 5.14 Å². The molecule has 1 aromatic rings. The first kappa shape index (κ1) is 15.6. The lowest BCUT2D eigenvalue weighted by molar-refractivity contribution is 0.354. The van der Waals surface area contributed by atoms with E-state index in [1.807, 2.05) is 18.7 Å². The summed E-state index contributed by atoms with van der Waals surface area (Å²) in [6.07, 6.45) is 0. The fourth-order valence-electron chi connectivity index (χ4n) is 1.89. The average Bonchev–Trinajstić information content (AvgIpc) is 2.38. The highest BCUT2D eigenvalue weighted by molar-refractivity contribution is 7.89. The van der Waals surface area contributed by atoms with Crippen molar-refractivity contribution in [1.82, 2.24) is 0 Å². The Kier molecular flexibility index (Phi) is 5.02. The minimum Gasteiger partial charge on any atom is -0.493 e. The molecule has 1 aromatic carbocycles. The number of anilines is 1. The van der Waals surface area contributed by atoms with E-state index in [0.29, 0.717) is 30.3 Å². The van der Waals surface area contributed by atoms with E-state index in [1.54, 1.807) is 6.07 Å². The molecule has 1 rings (SSSR count). The Morgan fingerprint density at radius 2 is 1.58 bits per heavy atom. The molecule has 7 heteroatoms. The molecule has 0 radical (unpaired) electrons. The van der Waals surface area contributed by atoms with E-state index in [9.17, 15) is 8.42 Å². The van der Waals surface area contributed by atoms with Gasteiger partial charge in [-0.15, -0.1) is 0 Å². The Morgan fingerprint density at radius 3 is 1.95 bits per heavy atom. The van der Waals surface area contributed by atoms with Gasteiger partial charge in [-0.05, 0) is 13.8 Å². The molecule has 108 valence electrons. The number of rotatable bonds is 6. The molecular weight excluding hydrogens is 268 g/mol. The molecule has 0 atom stereocenters. The third-order valence-corrected chi connectivity index (χ3v) is 3.82. The van der Waals surface area contributed by atoms with Gasteiger partial charge in [-0.2, -0.15) is 0 Å². The van der Waals surface area contributed by atoms with Gasteiger partial charge in [0, 0.05) is 25.2 Å². The number of sulfonamides is 1. The van der Waals surface area contributed by atoms with Crippen molar-refractivity contribution >= 4 is 15.7 Å². The van der Waals surface area contributed by atoms with Crippen LogP contribution in [0, 0.1) is 0 Å². The summed E-state index contributed by atoms with van der Waals surface area (Å²) in [6, 6.07) is 3.02. The predicted molar refractivity (Wildman–Crippen MR) is 74.5 cm³/mol. The molecule has 2 N–H and O–H groups in total. The van der Waals surface area contributed by atoms with E-state index in [4.69, 9.17) is 14.6 Å². The maximum atomic E-state index is 11.7. The summed E-state index contributed by atoms with van der Waals surface area (Å²) in [5, 5.41) is 5.27. The number of primary sulfonamides is 1. The molecule has 0 aliphatic heterocycles. The number of methoxy groups -OCH3 is 2. The highest BCUT2D eigenvalue weighted by Gasteiger charge is 2.21. The monoisotopic (exact) mass is 288 g/mol. The topological polar surface area (TPSA) is 81.9 Å². The van der Waals surface area contributed by atoms with Crippen molar-refractivity contribution in [1.29, 1.82) is 0 Å². The Morgan fingerprint density at radius 1 is 1.11 bits per heavy atom. The van der Waals surface area contributed by atoms with Crippen molar-refractivity contribution in [2.45, 2.75) is 18.7 Å². The summed E-state index contributed by atoms with van der Waals surface area (Å²) in [7, 11) is -0.887. The van der Waals surface area contributed by atoms with Crippen LogP contribution in [0.25, 0.3) is 0 Å². The zero-order valence-corrected chi connectivity index (χ0v) is 12.5. The highest BCUT2D eigenvalue weighted by Crippen LogP contribution is 2.36. The van der Waals surface area contributed by atoms with E-state index in [1.165, 1.54) is 20.3 Å². The van der Waals surface area contributed by atoms with E-state index < -0.39 is 10.0 Å². The van der Waals surface area contributed by atoms with Crippen LogP contribution in [-0.4, -0.2) is 35.7 Å². The largest absolute Gasteiger partial charge is 0.493 e. The predicted octanol–water partition coefficient (Wildman–Crippen LogP) is 1.20. The lowest BCUT2D eigenvalue weighted by Gasteiger charge is -2.24. The maximum Gasteiger partial charge on any atom is 0.240 e. The first-order valence-electron chi connectivity index (χ1n) is 5.92. The second-order valence-corrected chi connectivity index (χ2v) is 5.42. The summed E-state index contributed by atoms with van der Waals surface area (Å²) < 4.78 is 33.7. The summed E-state index contributed by atoms with van der Waals surface area (Å²) >= 11 is 0. The molecule has 0 aliphatic carbocycles. The molecule has 0 unspecified atom stereocenters. The molecular formula is C12H20N2O4S. The normalized spacial score (nSPS) is 11.2. The first-order valence-corrected chi connectivity index (χ1v) is 7.47. The van der Waals surface area contributed by atoms with E-state index in [0.717, 1.165) is 0 Å². The fourth-order valence-corrected chi connectivity index (χ4v) is 2.64. The average molecular weight is 288 g/mol. The second-order valence-electron chi connectivity index (χ2n) is 3.89. The molecule has 0 aromatic heterocycles. The quantitative estimate of drug-likeness (QED) is 0.850. The number of benzene rings is 1. The zero-order chi connectivity index (χ0) is 14.6. The van der Waals surface area contributed by atoms with Crippen LogP contribution in [-0.2, 0) is 10.0 Å². The first-order chi connectivity index (χ1) is 8.88. The summed E-state index contributed by atoms with van der Waals surface area (Å²) in [5.74, 6) is 0.805. The molecule has 0 heterocycles. The number of hydrogen-bond donors (Lipinski definition) is 1. The van der Waals surface area contributed by atoms with Crippen molar-refractivity contribution in [3.8, 4) is 11.5 Å². The van der Waals surface area contributed by atoms with Gasteiger partial charge in [-0.25, -0.2) is 13.6 Å². The second kappa shape index (κ2) is 6.12. The summed E-state index contributed by atoms with van der Waals surface area (Å²) in [5.41, 5.74) is 0.519. The Balaban J connectivity index is 3.58. The van der Waals surface area contributed by atoms with E-state index >= 15 is 0 Å². The molecule has 6 nitrogen and oxygen atoms in total. The lowest BCUT2D eigenvalue weighted by atomic mass is 10.2. The fraction of sp³-hybridized carbons (Fsp3) is 0.500. The van der Waals surface area contributed by atoms with Gasteiger partial charge < -0.3 is 14.4 Å². The van der Waals surface area contributed by atoms with Crippen LogP contribution in [0.1, 0.15) is 13.8 Å². The Bertz CT molecular complexity index is 539. The van der Waals surface area contributed by atoms with Gasteiger partial charge in [0.1, 0.15) is 4.90 Å². The van der Waals surface area contributed by atoms with Crippen LogP contribution in [0.5, 0.6) is 11.5 Å². The third-order valence-electron chi connectivity index (χ3n) is 2.88. The van der Waals surface area contributed by atoms with Crippen LogP contribution in [0.15, 0.2) is 17.0 Å². The number of ether oxygens (including phenoxy) is 2. The highest BCUT2D eigenvalue weighted by atomic mass is 32.2. The standard InChI is InChI=1S/C12H20N2O4S/c1-5-14(6-2)9-7-10(17-3)11(18-4)8-12(9)19(13,15)16/h7-8H,5-6H2,1-4H3,(H2,13,15,16). The molecule has 0 bridgehead atoms. The lowest BCUT2D eigenvalue weighted by Crippen LogP contribution is -2.25. The van der Waals surface area contributed by atoms with Gasteiger partial charge in [-0.1, -0.05) is 0 Å². The van der Waals surface area contributed by atoms with Gasteiger partial charge in [0.2, 0.25) is 10.0 Å². The van der Waals surface area contributed by atoms with Crippen molar-refractivity contribution in [3.05, 3.63) is 12.1 Å². The molecule has 0 aliphatic rings. The van der Waals surface area contributed by atoms with Gasteiger partial charge in [0.25, 0.3) is 0 Å². The third kappa shape index (κ3) is 3.30. The minimum atomic E-state index is -3.83. The van der Waals surface area contributed by atoms with Gasteiger partial charge in [-0.3, -0.25) is 0 Å². The molecule has 19 heavy (non-hydrogen) atoms. The Labute approximate surface area is 114 Å². The smallest absolute Gasteiger partial charge is 0.240 e. The van der Waals surface area contributed by atoms with Gasteiger partial charge >= 0.3 is 0 Å². The van der Waals surface area contributed by atoms with Crippen LogP contribution in [0.3, 0.4) is 0 Å². The van der Waals surface area contributed by atoms with E-state index in [-0.39, 0.29) is 4.90 Å². The van der Waals surface area contributed by atoms with Gasteiger partial charge in [0.15, 0.2) is 11.5 Å². The molecule has 0 amide bonds. The van der Waals surface area contributed by atoms with Gasteiger partial charge in [0.05, 0.1) is 19.9 Å². The molecule has 0 fully saturated rings. The van der Waals surface area contributed by atoms with Crippen LogP contribution < -0.4 is 19.5 Å². The molecule has 0 saturated heterocycles. The number of hydrogen-bond acceptors (Lipinski definition) is 5. The minimum absolute atomic E-state index is 0.0360. The summed E-state index contributed by atoms with van der Waals surface area (Å²) in [6.45, 7) is 5.20. The number of nitrogens with two attached hydrogens (primary N) is 1. The van der Waals surface area contributed by atoms with Crippen LogP contribution in [0.4, 0.5) is 5.69 Å². The summed E-state index contributed by atoms with van der Waals surface area (Å²) in [4.78, 5) is 1.93. The Hall–Kier alpha value is -1.47. The van der Waals surface area contributed by atoms with Crippen LogP contribution >= 0.6 is 0 Å². The number of nitrogens with zero attached hydrogens (tertiary/aromatic N) is 1. The van der Waals surface area contributed by atoms with Crippen molar-refractivity contribution < 1.29 is 17.9 Å².